The number of carbonyl (C=O) groups excluding carboxylic acids is 1. The fourth-order valence-corrected chi connectivity index (χ4v) is 2.02. The van der Waals surface area contributed by atoms with Crippen LogP contribution in [0.1, 0.15) is 36.0 Å². The number of esters is 1. The van der Waals surface area contributed by atoms with Gasteiger partial charge in [-0.25, -0.2) is 4.79 Å². The highest BCUT2D eigenvalue weighted by molar-refractivity contribution is 6.33. The van der Waals surface area contributed by atoms with Crippen molar-refractivity contribution in [3.8, 4) is 0 Å². The Hall–Kier alpha value is -1.22. The van der Waals surface area contributed by atoms with Crippen molar-refractivity contribution in [2.45, 2.75) is 25.7 Å². The molecule has 17 heavy (non-hydrogen) atoms. The predicted octanol–water partition coefficient (Wildman–Crippen LogP) is 3.27. The summed E-state index contributed by atoms with van der Waals surface area (Å²) in [5.74, 6) is 0.420. The Morgan fingerprint density at radius 2 is 2.24 bits per heavy atom. The summed E-state index contributed by atoms with van der Waals surface area (Å²) in [6.07, 6.45) is 4.82. The van der Waals surface area contributed by atoms with E-state index in [2.05, 4.69) is 0 Å². The molecule has 92 valence electrons. The molecule has 0 spiro atoms. The fourth-order valence-electron chi connectivity index (χ4n) is 1.84. The van der Waals surface area contributed by atoms with Gasteiger partial charge in [-0.15, -0.1) is 0 Å². The van der Waals surface area contributed by atoms with Crippen molar-refractivity contribution in [1.82, 2.24) is 0 Å². The molecule has 0 radical (unpaired) electrons. The van der Waals surface area contributed by atoms with E-state index in [0.29, 0.717) is 22.9 Å². The Bertz CT molecular complexity index is 416. The van der Waals surface area contributed by atoms with Crippen LogP contribution in [0.3, 0.4) is 0 Å². The van der Waals surface area contributed by atoms with E-state index in [4.69, 9.17) is 22.1 Å². The Labute approximate surface area is 106 Å². The van der Waals surface area contributed by atoms with Crippen LogP contribution in [0.15, 0.2) is 18.2 Å². The zero-order chi connectivity index (χ0) is 12.3. The Morgan fingerprint density at radius 1 is 1.47 bits per heavy atom. The van der Waals surface area contributed by atoms with Crippen molar-refractivity contribution in [2.24, 2.45) is 5.92 Å². The highest BCUT2D eigenvalue weighted by atomic mass is 35.5. The number of hydrogen-bond donors (Lipinski definition) is 1. The summed E-state index contributed by atoms with van der Waals surface area (Å²) in [4.78, 5) is 11.7. The second kappa shape index (κ2) is 5.41. The van der Waals surface area contributed by atoms with Crippen LogP contribution in [0.4, 0.5) is 5.69 Å². The molecule has 3 nitrogen and oxygen atoms in total. The monoisotopic (exact) mass is 253 g/mol. The largest absolute Gasteiger partial charge is 0.462 e. The molecule has 1 aromatic carbocycles. The summed E-state index contributed by atoms with van der Waals surface area (Å²) in [6, 6.07) is 4.79. The van der Waals surface area contributed by atoms with Gasteiger partial charge < -0.3 is 10.5 Å². The van der Waals surface area contributed by atoms with Crippen LogP contribution < -0.4 is 5.73 Å². The first kappa shape index (κ1) is 12.2. The van der Waals surface area contributed by atoms with E-state index < -0.39 is 0 Å². The molecule has 1 aliphatic carbocycles. The van der Waals surface area contributed by atoms with Crippen LogP contribution in [-0.2, 0) is 4.74 Å². The number of carbonyl (C=O) groups is 1. The van der Waals surface area contributed by atoms with Crippen LogP contribution in [0.25, 0.3) is 0 Å². The number of halogens is 1. The molecule has 2 rings (SSSR count). The first-order valence-corrected chi connectivity index (χ1v) is 6.27. The van der Waals surface area contributed by atoms with E-state index in [0.717, 1.165) is 12.3 Å². The maximum Gasteiger partial charge on any atom is 0.338 e. The molecule has 0 bridgehead atoms. The number of hydrogen-bond acceptors (Lipinski definition) is 3. The molecule has 0 aliphatic heterocycles. The van der Waals surface area contributed by atoms with E-state index in [1.807, 2.05) is 0 Å². The average Bonchev–Trinajstić information content (AvgIpc) is 2.25. The molecule has 0 amide bonds. The highest BCUT2D eigenvalue weighted by Crippen LogP contribution is 2.29. The topological polar surface area (TPSA) is 52.3 Å². The highest BCUT2D eigenvalue weighted by Gasteiger charge is 2.17. The minimum Gasteiger partial charge on any atom is -0.462 e. The van der Waals surface area contributed by atoms with Gasteiger partial charge in [-0.2, -0.15) is 0 Å². The van der Waals surface area contributed by atoms with E-state index in [-0.39, 0.29) is 5.97 Å². The molecular formula is C13H16ClNO2. The van der Waals surface area contributed by atoms with Gasteiger partial charge in [0.1, 0.15) is 0 Å². The number of nitrogen functional groups attached to an aromatic ring is 1. The third-order valence-electron chi connectivity index (χ3n) is 3.22. The molecule has 2 N–H and O–H groups in total. The summed E-state index contributed by atoms with van der Waals surface area (Å²) >= 11 is 5.84. The Balaban J connectivity index is 1.83. The minimum atomic E-state index is -0.328. The van der Waals surface area contributed by atoms with Crippen molar-refractivity contribution in [2.75, 3.05) is 12.3 Å². The number of nitrogens with two attached hydrogens (primary N) is 1. The van der Waals surface area contributed by atoms with Crippen molar-refractivity contribution >= 4 is 23.3 Å². The molecule has 4 heteroatoms. The molecule has 1 fully saturated rings. The van der Waals surface area contributed by atoms with Crippen molar-refractivity contribution < 1.29 is 9.53 Å². The minimum absolute atomic E-state index is 0.328. The van der Waals surface area contributed by atoms with Gasteiger partial charge in [-0.05, 0) is 30.5 Å². The number of ether oxygens (including phenoxy) is 1. The summed E-state index contributed by atoms with van der Waals surface area (Å²) in [7, 11) is 0. The van der Waals surface area contributed by atoms with Crippen LogP contribution in [0.2, 0.25) is 5.02 Å². The molecule has 0 atom stereocenters. The summed E-state index contributed by atoms with van der Waals surface area (Å²) in [5, 5.41) is 0.387. The smallest absolute Gasteiger partial charge is 0.338 e. The molecule has 1 aromatic rings. The first-order valence-electron chi connectivity index (χ1n) is 5.89. The van der Waals surface area contributed by atoms with E-state index in [1.54, 1.807) is 18.2 Å². The second-order valence-corrected chi connectivity index (χ2v) is 4.87. The summed E-state index contributed by atoms with van der Waals surface area (Å²) in [5.41, 5.74) is 6.50. The molecule has 0 aromatic heterocycles. The van der Waals surface area contributed by atoms with Gasteiger partial charge in [0.15, 0.2) is 0 Å². The second-order valence-electron chi connectivity index (χ2n) is 4.46. The maximum absolute atomic E-state index is 11.7. The van der Waals surface area contributed by atoms with Gasteiger partial charge in [-0.1, -0.05) is 30.9 Å². The summed E-state index contributed by atoms with van der Waals surface area (Å²) < 4.78 is 5.19. The lowest BCUT2D eigenvalue weighted by atomic mass is 9.83. The lowest BCUT2D eigenvalue weighted by molar-refractivity contribution is 0.0464. The van der Waals surface area contributed by atoms with Crippen LogP contribution in [0, 0.1) is 5.92 Å². The fraction of sp³-hybridized carbons (Fsp3) is 0.462. The van der Waals surface area contributed by atoms with Gasteiger partial charge in [0.05, 0.1) is 22.9 Å². The number of anilines is 1. The van der Waals surface area contributed by atoms with E-state index >= 15 is 0 Å². The SMILES string of the molecule is Nc1ccc(C(=O)OCCC2CCC2)cc1Cl. The normalized spacial score (nSPS) is 15.4. The van der Waals surface area contributed by atoms with Crippen LogP contribution in [0.5, 0.6) is 0 Å². The molecule has 0 saturated heterocycles. The van der Waals surface area contributed by atoms with Crippen molar-refractivity contribution in [3.05, 3.63) is 28.8 Å². The first-order chi connectivity index (χ1) is 8.16. The number of benzene rings is 1. The van der Waals surface area contributed by atoms with Gasteiger partial charge in [0.2, 0.25) is 0 Å². The quantitative estimate of drug-likeness (QED) is 0.662. The Morgan fingerprint density at radius 3 is 2.82 bits per heavy atom. The molecular weight excluding hydrogens is 238 g/mol. The Kier molecular flexibility index (Phi) is 3.89. The van der Waals surface area contributed by atoms with Gasteiger partial charge in [0, 0.05) is 0 Å². The van der Waals surface area contributed by atoms with E-state index in [9.17, 15) is 4.79 Å². The molecule has 1 aliphatic rings. The van der Waals surface area contributed by atoms with Crippen molar-refractivity contribution in [3.63, 3.8) is 0 Å². The zero-order valence-corrected chi connectivity index (χ0v) is 10.4. The lowest BCUT2D eigenvalue weighted by Gasteiger charge is -2.24. The number of rotatable bonds is 4. The maximum atomic E-state index is 11.7. The van der Waals surface area contributed by atoms with E-state index in [1.165, 1.54) is 19.3 Å². The van der Waals surface area contributed by atoms with Gasteiger partial charge >= 0.3 is 5.97 Å². The molecule has 0 heterocycles. The summed E-state index contributed by atoms with van der Waals surface area (Å²) in [6.45, 7) is 0.492. The molecule has 0 unspecified atom stereocenters. The molecule has 1 saturated carbocycles. The van der Waals surface area contributed by atoms with Crippen molar-refractivity contribution in [1.29, 1.82) is 0 Å². The van der Waals surface area contributed by atoms with Crippen LogP contribution in [-0.4, -0.2) is 12.6 Å². The lowest BCUT2D eigenvalue weighted by Crippen LogP contribution is -2.15. The van der Waals surface area contributed by atoms with Gasteiger partial charge in [0.25, 0.3) is 0 Å². The standard InChI is InChI=1S/C13H16ClNO2/c14-11-8-10(4-5-12(11)15)13(16)17-7-6-9-2-1-3-9/h4-5,8-9H,1-3,6-7,15H2. The average molecular weight is 254 g/mol. The van der Waals surface area contributed by atoms with Gasteiger partial charge in [-0.3, -0.25) is 0 Å². The third kappa shape index (κ3) is 3.13. The zero-order valence-electron chi connectivity index (χ0n) is 9.62. The predicted molar refractivity (Wildman–Crippen MR) is 68.1 cm³/mol. The third-order valence-corrected chi connectivity index (χ3v) is 3.55. The van der Waals surface area contributed by atoms with Crippen LogP contribution >= 0.6 is 11.6 Å².